The molecular weight excluding hydrogens is 296 g/mol. The molecule has 2 amide bonds. The average Bonchev–Trinajstić information content (AvgIpc) is 2.48. The van der Waals surface area contributed by atoms with Gasteiger partial charge in [-0.3, -0.25) is 4.90 Å². The van der Waals surface area contributed by atoms with Gasteiger partial charge in [0.15, 0.2) is 0 Å². The summed E-state index contributed by atoms with van der Waals surface area (Å²) in [6.45, 7) is 7.79. The van der Waals surface area contributed by atoms with E-state index in [1.54, 1.807) is 0 Å². The van der Waals surface area contributed by atoms with Crippen LogP contribution >= 0.6 is 0 Å². The van der Waals surface area contributed by atoms with Crippen molar-refractivity contribution in [1.29, 1.82) is 0 Å². The van der Waals surface area contributed by atoms with E-state index in [-0.39, 0.29) is 19.2 Å². The minimum absolute atomic E-state index is 0.186. The SMILES string of the molecule is CC[C@@H](CNC(=O)OCc1ccccc1)N(C(=O)O)C(C)(C)C. The molecule has 1 rings (SSSR count). The van der Waals surface area contributed by atoms with Crippen molar-refractivity contribution in [3.05, 3.63) is 35.9 Å². The fourth-order valence-corrected chi connectivity index (χ4v) is 2.38. The molecule has 0 unspecified atom stereocenters. The summed E-state index contributed by atoms with van der Waals surface area (Å²) in [5.41, 5.74) is 0.360. The van der Waals surface area contributed by atoms with E-state index in [1.807, 2.05) is 58.0 Å². The molecule has 0 aliphatic heterocycles. The molecule has 23 heavy (non-hydrogen) atoms. The number of carbonyl (C=O) groups excluding carboxylic acids is 1. The van der Waals surface area contributed by atoms with Gasteiger partial charge in [-0.1, -0.05) is 37.3 Å². The first-order valence-electron chi connectivity index (χ1n) is 7.72. The smallest absolute Gasteiger partial charge is 0.408 e. The van der Waals surface area contributed by atoms with Crippen LogP contribution in [0, 0.1) is 0 Å². The average molecular weight is 322 g/mol. The van der Waals surface area contributed by atoms with E-state index >= 15 is 0 Å². The Kier molecular flexibility index (Phi) is 6.88. The van der Waals surface area contributed by atoms with Crippen LogP contribution in [0.15, 0.2) is 30.3 Å². The number of ether oxygens (including phenoxy) is 1. The minimum Gasteiger partial charge on any atom is -0.465 e. The number of nitrogens with one attached hydrogen (secondary N) is 1. The molecule has 1 atom stereocenters. The number of rotatable bonds is 6. The zero-order valence-electron chi connectivity index (χ0n) is 14.2. The minimum atomic E-state index is -0.996. The molecule has 0 heterocycles. The van der Waals surface area contributed by atoms with E-state index in [0.29, 0.717) is 6.42 Å². The lowest BCUT2D eigenvalue weighted by Gasteiger charge is -2.39. The Morgan fingerprint density at radius 3 is 2.35 bits per heavy atom. The van der Waals surface area contributed by atoms with Gasteiger partial charge in [0.2, 0.25) is 0 Å². The summed E-state index contributed by atoms with van der Waals surface area (Å²) in [6.07, 6.45) is -0.946. The lowest BCUT2D eigenvalue weighted by Crippen LogP contribution is -2.54. The molecule has 0 aliphatic carbocycles. The summed E-state index contributed by atoms with van der Waals surface area (Å²) < 4.78 is 5.13. The van der Waals surface area contributed by atoms with Gasteiger partial charge in [0.25, 0.3) is 0 Å². The Balaban J connectivity index is 2.53. The molecule has 6 nitrogen and oxygen atoms in total. The highest BCUT2D eigenvalue weighted by Gasteiger charge is 2.32. The van der Waals surface area contributed by atoms with E-state index in [1.165, 1.54) is 4.90 Å². The Hall–Kier alpha value is -2.24. The van der Waals surface area contributed by atoms with Crippen LogP contribution in [-0.2, 0) is 11.3 Å². The first-order chi connectivity index (χ1) is 10.8. The van der Waals surface area contributed by atoms with E-state index in [2.05, 4.69) is 5.32 Å². The van der Waals surface area contributed by atoms with Gasteiger partial charge < -0.3 is 15.2 Å². The maximum atomic E-state index is 11.8. The summed E-state index contributed by atoms with van der Waals surface area (Å²) in [5.74, 6) is 0. The third-order valence-electron chi connectivity index (χ3n) is 3.46. The van der Waals surface area contributed by atoms with Crippen LogP contribution in [0.5, 0.6) is 0 Å². The predicted octanol–water partition coefficient (Wildman–Crippen LogP) is 3.47. The van der Waals surface area contributed by atoms with E-state index in [0.717, 1.165) is 5.56 Å². The number of benzene rings is 1. The number of nitrogens with zero attached hydrogens (tertiary/aromatic N) is 1. The molecule has 6 heteroatoms. The summed E-state index contributed by atoms with van der Waals surface area (Å²) in [5, 5.41) is 12.1. The largest absolute Gasteiger partial charge is 0.465 e. The van der Waals surface area contributed by atoms with Crippen molar-refractivity contribution in [2.45, 2.75) is 52.3 Å². The number of carbonyl (C=O) groups is 2. The van der Waals surface area contributed by atoms with Crippen LogP contribution in [0.3, 0.4) is 0 Å². The molecule has 0 bridgehead atoms. The van der Waals surface area contributed by atoms with Crippen molar-refractivity contribution in [2.75, 3.05) is 6.54 Å². The van der Waals surface area contributed by atoms with Gasteiger partial charge in [-0.15, -0.1) is 0 Å². The number of amides is 2. The Bertz CT molecular complexity index is 511. The van der Waals surface area contributed by atoms with E-state index < -0.39 is 17.7 Å². The summed E-state index contributed by atoms with van der Waals surface area (Å²) in [4.78, 5) is 24.6. The van der Waals surface area contributed by atoms with Gasteiger partial charge in [-0.2, -0.15) is 0 Å². The molecule has 0 saturated heterocycles. The molecule has 2 N–H and O–H groups in total. The standard InChI is InChI=1S/C17H26N2O4/c1-5-14(19(16(21)22)17(2,3)4)11-18-15(20)23-12-13-9-7-6-8-10-13/h6-10,14H,5,11-12H2,1-4H3,(H,18,20)(H,21,22)/t14-/m0/s1. The third-order valence-corrected chi connectivity index (χ3v) is 3.46. The molecule has 0 aromatic heterocycles. The Morgan fingerprint density at radius 1 is 1.26 bits per heavy atom. The van der Waals surface area contributed by atoms with Gasteiger partial charge in [-0.05, 0) is 32.8 Å². The normalized spacial score (nSPS) is 12.3. The van der Waals surface area contributed by atoms with Gasteiger partial charge in [0.05, 0.1) is 6.04 Å². The van der Waals surface area contributed by atoms with Crippen LogP contribution in [0.1, 0.15) is 39.7 Å². The molecule has 0 saturated carbocycles. The highest BCUT2D eigenvalue weighted by Crippen LogP contribution is 2.19. The van der Waals surface area contributed by atoms with E-state index in [9.17, 15) is 14.7 Å². The number of alkyl carbamates (subject to hydrolysis) is 1. The Morgan fingerprint density at radius 2 is 1.87 bits per heavy atom. The van der Waals surface area contributed by atoms with Crippen LogP contribution < -0.4 is 5.32 Å². The molecular formula is C17H26N2O4. The highest BCUT2D eigenvalue weighted by atomic mass is 16.5. The maximum Gasteiger partial charge on any atom is 0.408 e. The van der Waals surface area contributed by atoms with E-state index in [4.69, 9.17) is 4.74 Å². The van der Waals surface area contributed by atoms with Gasteiger partial charge in [0, 0.05) is 12.1 Å². The first kappa shape index (κ1) is 18.8. The maximum absolute atomic E-state index is 11.8. The highest BCUT2D eigenvalue weighted by molar-refractivity contribution is 5.68. The van der Waals surface area contributed by atoms with Crippen molar-refractivity contribution < 1.29 is 19.4 Å². The molecule has 0 aliphatic rings. The van der Waals surface area contributed by atoms with Gasteiger partial charge in [-0.25, -0.2) is 9.59 Å². The lowest BCUT2D eigenvalue weighted by molar-refractivity contribution is 0.0663. The molecule has 0 fully saturated rings. The summed E-state index contributed by atoms with van der Waals surface area (Å²) in [7, 11) is 0. The summed E-state index contributed by atoms with van der Waals surface area (Å²) in [6, 6.07) is 9.07. The molecule has 0 radical (unpaired) electrons. The molecule has 1 aromatic rings. The van der Waals surface area contributed by atoms with Crippen LogP contribution in [0.4, 0.5) is 9.59 Å². The van der Waals surface area contributed by atoms with Crippen molar-refractivity contribution in [1.82, 2.24) is 10.2 Å². The fourth-order valence-electron chi connectivity index (χ4n) is 2.38. The summed E-state index contributed by atoms with van der Waals surface area (Å²) >= 11 is 0. The van der Waals surface area contributed by atoms with Crippen molar-refractivity contribution in [3.8, 4) is 0 Å². The van der Waals surface area contributed by atoms with Gasteiger partial charge in [0.1, 0.15) is 6.61 Å². The van der Waals surface area contributed by atoms with Crippen molar-refractivity contribution >= 4 is 12.2 Å². The quantitative estimate of drug-likeness (QED) is 0.840. The third kappa shape index (κ3) is 6.18. The zero-order chi connectivity index (χ0) is 17.5. The second-order valence-electron chi connectivity index (χ2n) is 6.33. The number of hydrogen-bond acceptors (Lipinski definition) is 3. The molecule has 128 valence electrons. The predicted molar refractivity (Wildman–Crippen MR) is 88.3 cm³/mol. The van der Waals surface area contributed by atoms with Crippen LogP contribution in [0.25, 0.3) is 0 Å². The Labute approximate surface area is 137 Å². The molecule has 0 spiro atoms. The van der Waals surface area contributed by atoms with Crippen molar-refractivity contribution in [2.24, 2.45) is 0 Å². The fraction of sp³-hybridized carbons (Fsp3) is 0.529. The second-order valence-corrected chi connectivity index (χ2v) is 6.33. The van der Waals surface area contributed by atoms with Crippen molar-refractivity contribution in [3.63, 3.8) is 0 Å². The van der Waals surface area contributed by atoms with Gasteiger partial charge >= 0.3 is 12.2 Å². The molecule has 1 aromatic carbocycles. The number of carboxylic acid groups (broad SMARTS) is 1. The topological polar surface area (TPSA) is 78.9 Å². The van der Waals surface area contributed by atoms with Crippen LogP contribution in [0.2, 0.25) is 0 Å². The number of hydrogen-bond donors (Lipinski definition) is 2. The second kappa shape index (κ2) is 8.41. The monoisotopic (exact) mass is 322 g/mol. The van der Waals surface area contributed by atoms with Crippen LogP contribution in [-0.4, -0.2) is 40.3 Å². The first-order valence-corrected chi connectivity index (χ1v) is 7.72. The zero-order valence-corrected chi connectivity index (χ0v) is 14.2. The lowest BCUT2D eigenvalue weighted by atomic mass is 10.0.